The maximum absolute atomic E-state index is 9.74. The van der Waals surface area contributed by atoms with Crippen LogP contribution in [0.3, 0.4) is 0 Å². The molecule has 5 nitrogen and oxygen atoms in total. The van der Waals surface area contributed by atoms with Gasteiger partial charge in [-0.2, -0.15) is 0 Å². The number of aliphatic hydroxyl groups is 1. The first-order valence-electron chi connectivity index (χ1n) is 6.13. The lowest BCUT2D eigenvalue weighted by Gasteiger charge is -2.15. The lowest BCUT2D eigenvalue weighted by molar-refractivity contribution is 0.138. The Labute approximate surface area is 112 Å². The van der Waals surface area contributed by atoms with Crippen LogP contribution in [0, 0.1) is 5.92 Å². The van der Waals surface area contributed by atoms with Gasteiger partial charge < -0.3 is 15.2 Å². The number of halogens is 1. The normalized spacial score (nSPS) is 23.3. The minimum atomic E-state index is -0.201. The van der Waals surface area contributed by atoms with Crippen LogP contribution in [0.4, 0.5) is 5.82 Å². The second-order valence-electron chi connectivity index (χ2n) is 4.56. The van der Waals surface area contributed by atoms with Crippen molar-refractivity contribution in [1.82, 2.24) is 9.97 Å². The lowest BCUT2D eigenvalue weighted by Crippen LogP contribution is -2.22. The predicted octanol–water partition coefficient (Wildman–Crippen LogP) is 1.85. The van der Waals surface area contributed by atoms with Crippen LogP contribution in [0.2, 0.25) is 5.15 Å². The van der Waals surface area contributed by atoms with Gasteiger partial charge in [0.1, 0.15) is 17.6 Å². The van der Waals surface area contributed by atoms with Gasteiger partial charge >= 0.3 is 0 Å². The molecule has 0 amide bonds. The highest BCUT2D eigenvalue weighted by atomic mass is 35.5. The summed E-state index contributed by atoms with van der Waals surface area (Å²) in [5.74, 6) is 1.53. The van der Waals surface area contributed by atoms with Crippen molar-refractivity contribution in [2.45, 2.75) is 32.0 Å². The van der Waals surface area contributed by atoms with E-state index in [0.717, 1.165) is 19.3 Å². The summed E-state index contributed by atoms with van der Waals surface area (Å²) < 4.78 is 4.98. The fourth-order valence-corrected chi connectivity index (χ4v) is 2.44. The van der Waals surface area contributed by atoms with Gasteiger partial charge in [-0.1, -0.05) is 18.0 Å². The summed E-state index contributed by atoms with van der Waals surface area (Å²) in [7, 11) is 1.59. The number of nitrogens with zero attached hydrogens (tertiary/aromatic N) is 2. The van der Waals surface area contributed by atoms with E-state index in [1.165, 1.54) is 0 Å². The molecule has 100 valence electrons. The second kappa shape index (κ2) is 6.31. The van der Waals surface area contributed by atoms with Gasteiger partial charge in [0.05, 0.1) is 6.10 Å². The van der Waals surface area contributed by atoms with Gasteiger partial charge in [0.25, 0.3) is 0 Å². The van der Waals surface area contributed by atoms with Crippen molar-refractivity contribution in [2.75, 3.05) is 19.0 Å². The summed E-state index contributed by atoms with van der Waals surface area (Å²) in [6.45, 7) is 1.04. The summed E-state index contributed by atoms with van der Waals surface area (Å²) >= 11 is 5.91. The minimum absolute atomic E-state index is 0.201. The molecule has 2 atom stereocenters. The van der Waals surface area contributed by atoms with Gasteiger partial charge in [-0.25, -0.2) is 9.97 Å². The zero-order chi connectivity index (χ0) is 13.0. The number of hydrogen-bond donors (Lipinski definition) is 2. The molecule has 1 fully saturated rings. The van der Waals surface area contributed by atoms with E-state index in [2.05, 4.69) is 15.3 Å². The van der Waals surface area contributed by atoms with E-state index in [4.69, 9.17) is 16.3 Å². The standard InChI is InChI=1S/C12H18ClN3O2/c1-18-7-12-15-10(13)5-11(16-12)14-6-8-3-2-4-9(8)17/h5,8-9,17H,2-4,6-7H2,1H3,(H,14,15,16). The van der Waals surface area contributed by atoms with E-state index in [0.29, 0.717) is 35.9 Å². The van der Waals surface area contributed by atoms with Crippen LogP contribution in [0.1, 0.15) is 25.1 Å². The Kier molecular flexibility index (Phi) is 4.74. The molecule has 0 bridgehead atoms. The molecular formula is C12H18ClN3O2. The van der Waals surface area contributed by atoms with Crippen molar-refractivity contribution in [1.29, 1.82) is 0 Å². The monoisotopic (exact) mass is 271 g/mol. The van der Waals surface area contributed by atoms with Crippen molar-refractivity contribution in [3.63, 3.8) is 0 Å². The molecule has 6 heteroatoms. The van der Waals surface area contributed by atoms with Crippen molar-refractivity contribution in [3.8, 4) is 0 Å². The SMILES string of the molecule is COCc1nc(Cl)cc(NCC2CCCC2O)n1. The Morgan fingerprint density at radius 3 is 3.00 bits per heavy atom. The summed E-state index contributed by atoms with van der Waals surface area (Å²) in [6, 6.07) is 1.68. The maximum atomic E-state index is 9.74. The van der Waals surface area contributed by atoms with Crippen LogP contribution in [0.15, 0.2) is 6.07 Å². The molecule has 1 aliphatic rings. The first-order valence-corrected chi connectivity index (χ1v) is 6.51. The zero-order valence-corrected chi connectivity index (χ0v) is 11.2. The van der Waals surface area contributed by atoms with Crippen LogP contribution >= 0.6 is 11.6 Å². The molecular weight excluding hydrogens is 254 g/mol. The van der Waals surface area contributed by atoms with E-state index in [-0.39, 0.29) is 6.10 Å². The summed E-state index contributed by atoms with van der Waals surface area (Å²) in [4.78, 5) is 8.35. The van der Waals surface area contributed by atoms with Gasteiger partial charge in [0, 0.05) is 25.6 Å². The van der Waals surface area contributed by atoms with Crippen molar-refractivity contribution >= 4 is 17.4 Å². The van der Waals surface area contributed by atoms with Crippen LogP contribution in [0.5, 0.6) is 0 Å². The number of nitrogens with one attached hydrogen (secondary N) is 1. The number of aliphatic hydroxyl groups excluding tert-OH is 1. The predicted molar refractivity (Wildman–Crippen MR) is 69.6 cm³/mol. The minimum Gasteiger partial charge on any atom is -0.393 e. The van der Waals surface area contributed by atoms with Crippen molar-refractivity contribution in [3.05, 3.63) is 17.0 Å². The third-order valence-electron chi connectivity index (χ3n) is 3.18. The highest BCUT2D eigenvalue weighted by Crippen LogP contribution is 2.25. The lowest BCUT2D eigenvalue weighted by atomic mass is 10.1. The molecule has 1 aromatic heterocycles. The van der Waals surface area contributed by atoms with E-state index in [9.17, 15) is 5.11 Å². The number of ether oxygens (including phenoxy) is 1. The first kappa shape index (κ1) is 13.5. The van der Waals surface area contributed by atoms with Gasteiger partial charge in [0.2, 0.25) is 0 Å². The molecule has 1 aromatic rings. The third-order valence-corrected chi connectivity index (χ3v) is 3.37. The molecule has 0 aromatic carbocycles. The van der Waals surface area contributed by atoms with E-state index >= 15 is 0 Å². The third kappa shape index (κ3) is 3.54. The van der Waals surface area contributed by atoms with Crippen molar-refractivity contribution in [2.24, 2.45) is 5.92 Å². The average Bonchev–Trinajstić information content (AvgIpc) is 2.72. The molecule has 18 heavy (non-hydrogen) atoms. The van der Waals surface area contributed by atoms with Crippen molar-refractivity contribution < 1.29 is 9.84 Å². The molecule has 0 spiro atoms. The Bertz CT molecular complexity index is 403. The number of hydrogen-bond acceptors (Lipinski definition) is 5. The number of aromatic nitrogens is 2. The summed E-state index contributed by atoms with van der Waals surface area (Å²) in [5.41, 5.74) is 0. The van der Waals surface area contributed by atoms with Gasteiger partial charge in [-0.3, -0.25) is 0 Å². The number of anilines is 1. The van der Waals surface area contributed by atoms with Crippen LogP contribution in [0.25, 0.3) is 0 Å². The molecule has 0 aliphatic heterocycles. The van der Waals surface area contributed by atoms with Gasteiger partial charge in [0.15, 0.2) is 5.82 Å². The summed E-state index contributed by atoms with van der Waals surface area (Å²) in [6.07, 6.45) is 2.84. The number of rotatable bonds is 5. The quantitative estimate of drug-likeness (QED) is 0.800. The van der Waals surface area contributed by atoms with Crippen LogP contribution < -0.4 is 5.32 Å². The largest absolute Gasteiger partial charge is 0.393 e. The average molecular weight is 272 g/mol. The van der Waals surface area contributed by atoms with Crippen LogP contribution in [-0.2, 0) is 11.3 Å². The number of methoxy groups -OCH3 is 1. The molecule has 1 heterocycles. The van der Waals surface area contributed by atoms with Crippen LogP contribution in [-0.4, -0.2) is 34.8 Å². The Balaban J connectivity index is 1.95. The van der Waals surface area contributed by atoms with Gasteiger partial charge in [-0.05, 0) is 12.8 Å². The zero-order valence-electron chi connectivity index (χ0n) is 10.4. The van der Waals surface area contributed by atoms with E-state index < -0.39 is 0 Å². The van der Waals surface area contributed by atoms with E-state index in [1.54, 1.807) is 13.2 Å². The smallest absolute Gasteiger partial charge is 0.158 e. The Morgan fingerprint density at radius 1 is 1.50 bits per heavy atom. The molecule has 2 rings (SSSR count). The van der Waals surface area contributed by atoms with E-state index in [1.807, 2.05) is 0 Å². The fraction of sp³-hybridized carbons (Fsp3) is 0.667. The summed E-state index contributed by atoms with van der Waals surface area (Å²) in [5, 5.41) is 13.3. The maximum Gasteiger partial charge on any atom is 0.158 e. The van der Waals surface area contributed by atoms with Gasteiger partial charge in [-0.15, -0.1) is 0 Å². The molecule has 1 saturated carbocycles. The molecule has 0 radical (unpaired) electrons. The molecule has 2 N–H and O–H groups in total. The highest BCUT2D eigenvalue weighted by molar-refractivity contribution is 6.29. The topological polar surface area (TPSA) is 67.3 Å². The fourth-order valence-electron chi connectivity index (χ4n) is 2.24. The Morgan fingerprint density at radius 2 is 2.33 bits per heavy atom. The molecule has 2 unspecified atom stereocenters. The Hall–Kier alpha value is -0.910. The molecule has 0 saturated heterocycles. The molecule has 1 aliphatic carbocycles. The highest BCUT2D eigenvalue weighted by Gasteiger charge is 2.24. The first-order chi connectivity index (χ1) is 8.69. The second-order valence-corrected chi connectivity index (χ2v) is 4.95.